The highest BCUT2D eigenvalue weighted by atomic mass is 79.9. The Morgan fingerprint density at radius 3 is 2.43 bits per heavy atom. The number of benzene rings is 1. The van der Waals surface area contributed by atoms with Crippen LogP contribution in [0.3, 0.4) is 0 Å². The van der Waals surface area contributed by atoms with Crippen LogP contribution in [0.1, 0.15) is 26.7 Å². The number of ether oxygens (including phenoxy) is 1. The zero-order chi connectivity index (χ0) is 16.0. The highest BCUT2D eigenvalue weighted by Crippen LogP contribution is 2.27. The largest absolute Gasteiger partial charge is 0.398 e. The summed E-state index contributed by atoms with van der Waals surface area (Å²) in [7, 11) is -2.00. The summed E-state index contributed by atoms with van der Waals surface area (Å²) in [6.07, 6.45) is 1.52. The summed E-state index contributed by atoms with van der Waals surface area (Å²) < 4.78 is 32.9. The number of hydrogen-bond acceptors (Lipinski definition) is 4. The molecule has 0 bridgehead atoms. The lowest BCUT2D eigenvalue weighted by atomic mass is 10.2. The van der Waals surface area contributed by atoms with E-state index in [1.807, 2.05) is 13.8 Å². The van der Waals surface area contributed by atoms with Gasteiger partial charge in [0.05, 0.1) is 11.5 Å². The van der Waals surface area contributed by atoms with Gasteiger partial charge in [0.25, 0.3) is 0 Å². The van der Waals surface area contributed by atoms with Crippen molar-refractivity contribution in [2.24, 2.45) is 0 Å². The molecule has 120 valence electrons. The Morgan fingerprint density at radius 1 is 1.33 bits per heavy atom. The molecule has 0 saturated heterocycles. The number of sulfonamides is 1. The zero-order valence-corrected chi connectivity index (χ0v) is 15.1. The number of anilines is 1. The van der Waals surface area contributed by atoms with Gasteiger partial charge in [0.2, 0.25) is 10.0 Å². The van der Waals surface area contributed by atoms with E-state index in [0.717, 1.165) is 12.8 Å². The van der Waals surface area contributed by atoms with Crippen LogP contribution in [-0.2, 0) is 14.8 Å². The van der Waals surface area contributed by atoms with Crippen molar-refractivity contribution in [1.82, 2.24) is 4.31 Å². The minimum atomic E-state index is -3.57. The molecule has 21 heavy (non-hydrogen) atoms. The summed E-state index contributed by atoms with van der Waals surface area (Å²) in [5.74, 6) is 0. The third-order valence-corrected chi connectivity index (χ3v) is 6.08. The second-order valence-electron chi connectivity index (χ2n) is 4.76. The van der Waals surface area contributed by atoms with Crippen LogP contribution in [0.5, 0.6) is 0 Å². The summed E-state index contributed by atoms with van der Waals surface area (Å²) in [6.45, 7) is 4.68. The molecule has 0 aromatic heterocycles. The van der Waals surface area contributed by atoms with E-state index in [4.69, 9.17) is 10.5 Å². The van der Waals surface area contributed by atoms with Crippen LogP contribution in [0.4, 0.5) is 5.69 Å². The first kappa shape index (κ1) is 18.4. The monoisotopic (exact) mass is 378 g/mol. The average Bonchev–Trinajstić information content (AvgIpc) is 2.46. The Labute approximate surface area is 135 Å². The summed E-state index contributed by atoms with van der Waals surface area (Å²) >= 11 is 3.28. The van der Waals surface area contributed by atoms with Crippen molar-refractivity contribution in [2.75, 3.05) is 26.0 Å². The first-order valence-corrected chi connectivity index (χ1v) is 9.17. The third-order valence-electron chi connectivity index (χ3n) is 3.44. The maximum absolute atomic E-state index is 12.9. The molecule has 0 radical (unpaired) electrons. The smallest absolute Gasteiger partial charge is 0.243 e. The molecule has 5 nitrogen and oxygen atoms in total. The molecular weight excluding hydrogens is 356 g/mol. The fourth-order valence-corrected chi connectivity index (χ4v) is 4.49. The molecular formula is C14H23BrN2O3S. The summed E-state index contributed by atoms with van der Waals surface area (Å²) in [5.41, 5.74) is 6.24. The lowest BCUT2D eigenvalue weighted by Gasteiger charge is -2.29. The van der Waals surface area contributed by atoms with E-state index in [2.05, 4.69) is 15.9 Å². The van der Waals surface area contributed by atoms with Crippen molar-refractivity contribution in [3.8, 4) is 0 Å². The summed E-state index contributed by atoms with van der Waals surface area (Å²) in [6, 6.07) is 4.64. The Balaban J connectivity index is 3.21. The number of halogens is 1. The maximum Gasteiger partial charge on any atom is 0.243 e. The SMILES string of the molecule is CCC(CC)N(CCOC)S(=O)(=O)c1ccc(N)c(Br)c1. The van der Waals surface area contributed by atoms with Crippen molar-refractivity contribution in [3.05, 3.63) is 22.7 Å². The van der Waals surface area contributed by atoms with Crippen molar-refractivity contribution >= 4 is 31.6 Å². The van der Waals surface area contributed by atoms with E-state index < -0.39 is 10.0 Å². The second-order valence-corrected chi connectivity index (χ2v) is 7.51. The molecule has 0 heterocycles. The van der Waals surface area contributed by atoms with Crippen molar-refractivity contribution in [2.45, 2.75) is 37.6 Å². The number of nitrogen functional groups attached to an aromatic ring is 1. The molecule has 0 unspecified atom stereocenters. The van der Waals surface area contributed by atoms with Gasteiger partial charge in [-0.2, -0.15) is 4.31 Å². The quantitative estimate of drug-likeness (QED) is 0.705. The van der Waals surface area contributed by atoms with E-state index in [1.165, 1.54) is 10.4 Å². The van der Waals surface area contributed by atoms with Crippen LogP contribution in [-0.4, -0.2) is 39.0 Å². The molecule has 0 saturated carbocycles. The number of nitrogens with two attached hydrogens (primary N) is 1. The number of hydrogen-bond donors (Lipinski definition) is 1. The third kappa shape index (κ3) is 4.42. The van der Waals surface area contributed by atoms with Gasteiger partial charge >= 0.3 is 0 Å². The Kier molecular flexibility index (Phi) is 7.12. The van der Waals surface area contributed by atoms with Gasteiger partial charge in [-0.05, 0) is 47.0 Å². The molecule has 0 aliphatic carbocycles. The fraction of sp³-hybridized carbons (Fsp3) is 0.571. The molecule has 7 heteroatoms. The van der Waals surface area contributed by atoms with Crippen LogP contribution < -0.4 is 5.73 Å². The predicted molar refractivity (Wildman–Crippen MR) is 88.7 cm³/mol. The molecule has 0 spiro atoms. The number of methoxy groups -OCH3 is 1. The lowest BCUT2D eigenvalue weighted by molar-refractivity contribution is 0.163. The van der Waals surface area contributed by atoms with Crippen molar-refractivity contribution < 1.29 is 13.2 Å². The zero-order valence-electron chi connectivity index (χ0n) is 12.7. The minimum Gasteiger partial charge on any atom is -0.398 e. The topological polar surface area (TPSA) is 72.6 Å². The highest BCUT2D eigenvalue weighted by molar-refractivity contribution is 9.10. The van der Waals surface area contributed by atoms with Gasteiger partial charge in [-0.1, -0.05) is 13.8 Å². The highest BCUT2D eigenvalue weighted by Gasteiger charge is 2.29. The number of rotatable bonds is 8. The van der Waals surface area contributed by atoms with E-state index in [9.17, 15) is 8.42 Å². The normalized spacial score (nSPS) is 12.3. The van der Waals surface area contributed by atoms with Crippen molar-refractivity contribution in [1.29, 1.82) is 0 Å². The Morgan fingerprint density at radius 2 is 1.95 bits per heavy atom. The van der Waals surface area contributed by atoms with Gasteiger partial charge in [-0.15, -0.1) is 0 Å². The molecule has 1 rings (SSSR count). The van der Waals surface area contributed by atoms with Crippen LogP contribution in [0.15, 0.2) is 27.6 Å². The Bertz CT molecular complexity index is 559. The molecule has 2 N–H and O–H groups in total. The lowest BCUT2D eigenvalue weighted by Crippen LogP contribution is -2.41. The van der Waals surface area contributed by atoms with E-state index >= 15 is 0 Å². The van der Waals surface area contributed by atoms with Crippen LogP contribution in [0.25, 0.3) is 0 Å². The molecule has 1 aromatic rings. The molecule has 0 aliphatic heterocycles. The molecule has 1 aromatic carbocycles. The van der Waals surface area contributed by atoms with E-state index in [0.29, 0.717) is 23.3 Å². The molecule has 0 aliphatic rings. The second kappa shape index (κ2) is 8.12. The van der Waals surface area contributed by atoms with Gasteiger partial charge in [0, 0.05) is 29.9 Å². The van der Waals surface area contributed by atoms with Crippen molar-refractivity contribution in [3.63, 3.8) is 0 Å². The fourth-order valence-electron chi connectivity index (χ4n) is 2.18. The van der Waals surface area contributed by atoms with Gasteiger partial charge in [-0.3, -0.25) is 0 Å². The first-order chi connectivity index (χ1) is 9.88. The molecule has 0 atom stereocenters. The summed E-state index contributed by atoms with van der Waals surface area (Å²) in [4.78, 5) is 0.242. The summed E-state index contributed by atoms with van der Waals surface area (Å²) in [5, 5.41) is 0. The van der Waals surface area contributed by atoms with Crippen LogP contribution in [0, 0.1) is 0 Å². The molecule has 0 fully saturated rings. The maximum atomic E-state index is 12.9. The van der Waals surface area contributed by atoms with E-state index in [-0.39, 0.29) is 10.9 Å². The van der Waals surface area contributed by atoms with Gasteiger partial charge in [-0.25, -0.2) is 8.42 Å². The predicted octanol–water partition coefficient (Wildman–Crippen LogP) is 2.86. The van der Waals surface area contributed by atoms with Crippen LogP contribution >= 0.6 is 15.9 Å². The standard InChI is InChI=1S/C14H23BrN2O3S/c1-4-11(5-2)17(8-9-20-3)21(18,19)12-6-7-14(16)13(15)10-12/h6-7,10-11H,4-5,8-9,16H2,1-3H3. The molecule has 0 amide bonds. The minimum absolute atomic E-state index is 0.0403. The van der Waals surface area contributed by atoms with Crippen LogP contribution in [0.2, 0.25) is 0 Å². The van der Waals surface area contributed by atoms with E-state index in [1.54, 1.807) is 19.2 Å². The van der Waals surface area contributed by atoms with Gasteiger partial charge in [0.1, 0.15) is 0 Å². The number of nitrogens with zero attached hydrogens (tertiary/aromatic N) is 1. The first-order valence-electron chi connectivity index (χ1n) is 6.94. The van der Waals surface area contributed by atoms with Gasteiger partial charge < -0.3 is 10.5 Å². The Hall–Kier alpha value is -0.630. The van der Waals surface area contributed by atoms with Gasteiger partial charge in [0.15, 0.2) is 0 Å². The average molecular weight is 379 g/mol.